The second-order valence-electron chi connectivity index (χ2n) is 9.94. The maximum Gasteiger partial charge on any atom is 0.243 e. The average Bonchev–Trinajstić information content (AvgIpc) is 2.83. The summed E-state index contributed by atoms with van der Waals surface area (Å²) in [4.78, 5) is 10.0. The minimum absolute atomic E-state index is 0.365. The monoisotopic (exact) mass is 478 g/mol. The van der Waals surface area contributed by atoms with Crippen molar-refractivity contribution in [3.8, 4) is 0 Å². The highest BCUT2D eigenvalue weighted by Gasteiger charge is 2.29. The number of piperazine rings is 1. The van der Waals surface area contributed by atoms with Crippen molar-refractivity contribution in [2.45, 2.75) is 44.6 Å². The van der Waals surface area contributed by atoms with Crippen LogP contribution in [-0.2, 0) is 10.0 Å². The van der Waals surface area contributed by atoms with Crippen molar-refractivity contribution < 1.29 is 8.42 Å². The zero-order valence-corrected chi connectivity index (χ0v) is 21.1. The maximum atomic E-state index is 13.1. The third kappa shape index (κ3) is 4.51. The number of fused-ring (bicyclic) bond motifs is 1. The van der Waals surface area contributed by atoms with Crippen molar-refractivity contribution in [2.24, 2.45) is 5.92 Å². The highest BCUT2D eigenvalue weighted by molar-refractivity contribution is 7.89. The van der Waals surface area contributed by atoms with Gasteiger partial charge in [0.2, 0.25) is 10.0 Å². The average molecular weight is 479 g/mol. The molecular weight excluding hydrogens is 444 g/mol. The number of aryl methyl sites for hydroxylation is 1. The second kappa shape index (κ2) is 9.19. The fraction of sp³-hybridized carbons (Fsp3) is 0.444. The molecule has 2 fully saturated rings. The molecule has 0 spiro atoms. The topological polar surface area (TPSA) is 56.8 Å². The van der Waals surface area contributed by atoms with Gasteiger partial charge in [-0.1, -0.05) is 19.1 Å². The molecule has 7 heteroatoms. The molecule has 0 N–H and O–H groups in total. The molecule has 3 heterocycles. The van der Waals surface area contributed by atoms with Crippen LogP contribution in [0, 0.1) is 12.8 Å². The van der Waals surface area contributed by atoms with Crippen LogP contribution < -0.4 is 9.80 Å². The summed E-state index contributed by atoms with van der Waals surface area (Å²) in [6.45, 7) is 10.5. The van der Waals surface area contributed by atoms with E-state index in [1.165, 1.54) is 11.3 Å². The van der Waals surface area contributed by atoms with Crippen LogP contribution in [0.1, 0.15) is 32.3 Å². The van der Waals surface area contributed by atoms with E-state index in [1.54, 1.807) is 16.4 Å². The SMILES string of the molecule is Cc1cccc(N2CCN(c3ccc4cc(S(=O)(=O)N5CCC(C)CC5)ccc4n3)CC2C)c1. The molecule has 1 aromatic heterocycles. The van der Waals surface area contributed by atoms with E-state index < -0.39 is 10.0 Å². The van der Waals surface area contributed by atoms with Crippen molar-refractivity contribution in [1.29, 1.82) is 0 Å². The Labute approximate surface area is 203 Å². The number of aromatic nitrogens is 1. The van der Waals surface area contributed by atoms with E-state index in [1.807, 2.05) is 18.2 Å². The van der Waals surface area contributed by atoms with Gasteiger partial charge in [-0.15, -0.1) is 0 Å². The molecule has 6 nitrogen and oxygen atoms in total. The molecule has 0 aliphatic carbocycles. The van der Waals surface area contributed by atoms with Crippen LogP contribution in [-0.4, -0.2) is 56.5 Å². The Balaban J connectivity index is 1.33. The van der Waals surface area contributed by atoms with Crippen molar-refractivity contribution in [3.63, 3.8) is 0 Å². The van der Waals surface area contributed by atoms with Gasteiger partial charge in [0.25, 0.3) is 0 Å². The quantitative estimate of drug-likeness (QED) is 0.545. The van der Waals surface area contributed by atoms with Crippen LogP contribution in [0.5, 0.6) is 0 Å². The van der Waals surface area contributed by atoms with E-state index in [0.717, 1.165) is 49.2 Å². The van der Waals surface area contributed by atoms with Crippen molar-refractivity contribution in [3.05, 3.63) is 60.2 Å². The van der Waals surface area contributed by atoms with Crippen LogP contribution in [0.2, 0.25) is 0 Å². The Morgan fingerprint density at radius 3 is 2.44 bits per heavy atom. The molecule has 5 rings (SSSR count). The van der Waals surface area contributed by atoms with Gasteiger partial charge in [-0.25, -0.2) is 13.4 Å². The highest BCUT2D eigenvalue weighted by Crippen LogP contribution is 2.28. The molecule has 3 aromatic rings. The van der Waals surface area contributed by atoms with Crippen LogP contribution in [0.15, 0.2) is 59.5 Å². The number of rotatable bonds is 4. The molecule has 0 amide bonds. The number of hydrogen-bond acceptors (Lipinski definition) is 5. The van der Waals surface area contributed by atoms with Gasteiger partial charge in [0, 0.05) is 49.8 Å². The predicted molar refractivity (Wildman–Crippen MR) is 139 cm³/mol. The lowest BCUT2D eigenvalue weighted by Gasteiger charge is -2.42. The molecule has 0 radical (unpaired) electrons. The third-order valence-corrected chi connectivity index (χ3v) is 9.21. The van der Waals surface area contributed by atoms with Gasteiger partial charge >= 0.3 is 0 Å². The van der Waals surface area contributed by atoms with Gasteiger partial charge in [0.05, 0.1) is 10.4 Å². The van der Waals surface area contributed by atoms with Gasteiger partial charge in [-0.3, -0.25) is 0 Å². The molecular formula is C27H34N4O2S. The van der Waals surface area contributed by atoms with Gasteiger partial charge in [0.1, 0.15) is 5.82 Å². The number of hydrogen-bond donors (Lipinski definition) is 0. The van der Waals surface area contributed by atoms with Gasteiger partial charge in [-0.05, 0) is 80.6 Å². The Hall–Kier alpha value is -2.64. The second-order valence-corrected chi connectivity index (χ2v) is 11.9. The first kappa shape index (κ1) is 23.1. The zero-order valence-electron chi connectivity index (χ0n) is 20.3. The van der Waals surface area contributed by atoms with Crippen LogP contribution in [0.3, 0.4) is 0 Å². The zero-order chi connectivity index (χ0) is 23.9. The number of nitrogens with zero attached hydrogens (tertiary/aromatic N) is 4. The summed E-state index contributed by atoms with van der Waals surface area (Å²) in [6.07, 6.45) is 1.85. The third-order valence-electron chi connectivity index (χ3n) is 7.31. The Morgan fingerprint density at radius 2 is 1.71 bits per heavy atom. The fourth-order valence-electron chi connectivity index (χ4n) is 5.16. The largest absolute Gasteiger partial charge is 0.365 e. The van der Waals surface area contributed by atoms with E-state index >= 15 is 0 Å². The minimum Gasteiger partial charge on any atom is -0.365 e. The first-order valence-electron chi connectivity index (χ1n) is 12.3. The number of piperidine rings is 1. The van der Waals surface area contributed by atoms with Crippen LogP contribution in [0.4, 0.5) is 11.5 Å². The molecule has 0 bridgehead atoms. The lowest BCUT2D eigenvalue weighted by Crippen LogP contribution is -2.52. The smallest absolute Gasteiger partial charge is 0.243 e. The summed E-state index contributed by atoms with van der Waals surface area (Å²) in [7, 11) is -3.46. The summed E-state index contributed by atoms with van der Waals surface area (Å²) >= 11 is 0. The van der Waals surface area contributed by atoms with Crippen LogP contribution in [0.25, 0.3) is 10.9 Å². The lowest BCUT2D eigenvalue weighted by atomic mass is 10.0. The van der Waals surface area contributed by atoms with E-state index in [-0.39, 0.29) is 0 Å². The van der Waals surface area contributed by atoms with Crippen molar-refractivity contribution >= 4 is 32.4 Å². The first-order chi connectivity index (χ1) is 16.3. The first-order valence-corrected chi connectivity index (χ1v) is 13.7. The minimum atomic E-state index is -3.46. The number of benzene rings is 2. The Kier molecular flexibility index (Phi) is 6.25. The molecule has 2 aliphatic heterocycles. The van der Waals surface area contributed by atoms with E-state index in [2.05, 4.69) is 54.8 Å². The van der Waals surface area contributed by atoms with Crippen LogP contribution >= 0.6 is 0 Å². The predicted octanol–water partition coefficient (Wildman–Crippen LogP) is 4.68. The van der Waals surface area contributed by atoms with E-state index in [4.69, 9.17) is 4.98 Å². The molecule has 2 aromatic carbocycles. The number of pyridine rings is 1. The molecule has 2 aliphatic rings. The molecule has 2 saturated heterocycles. The number of anilines is 2. The summed E-state index contributed by atoms with van der Waals surface area (Å²) in [5.74, 6) is 1.54. The van der Waals surface area contributed by atoms with Gasteiger partial charge in [0.15, 0.2) is 0 Å². The highest BCUT2D eigenvalue weighted by atomic mass is 32.2. The van der Waals surface area contributed by atoms with E-state index in [0.29, 0.717) is 29.9 Å². The summed E-state index contributed by atoms with van der Waals surface area (Å²) < 4.78 is 27.9. The van der Waals surface area contributed by atoms with Crippen molar-refractivity contribution in [2.75, 3.05) is 42.5 Å². The fourth-order valence-corrected chi connectivity index (χ4v) is 6.67. The standard InChI is InChI=1S/C27H34N4O2S/c1-20-11-13-30(14-12-20)34(32,33)25-8-9-26-23(18-25)7-10-27(28-26)29-15-16-31(22(3)19-29)24-6-4-5-21(2)17-24/h4-10,17-18,20,22H,11-16,19H2,1-3H3. The van der Waals surface area contributed by atoms with Crippen molar-refractivity contribution in [1.82, 2.24) is 9.29 Å². The summed E-state index contributed by atoms with van der Waals surface area (Å²) in [5, 5.41) is 0.863. The normalized spacial score (nSPS) is 20.7. The summed E-state index contributed by atoms with van der Waals surface area (Å²) in [5.41, 5.74) is 3.38. The lowest BCUT2D eigenvalue weighted by molar-refractivity contribution is 0.288. The molecule has 1 atom stereocenters. The molecule has 34 heavy (non-hydrogen) atoms. The molecule has 0 saturated carbocycles. The van der Waals surface area contributed by atoms with Gasteiger partial charge < -0.3 is 9.80 Å². The van der Waals surface area contributed by atoms with E-state index in [9.17, 15) is 8.42 Å². The molecule has 1 unspecified atom stereocenters. The molecule has 180 valence electrons. The summed E-state index contributed by atoms with van der Waals surface area (Å²) in [6, 6.07) is 18.4. The Bertz CT molecular complexity index is 1280. The maximum absolute atomic E-state index is 13.1. The van der Waals surface area contributed by atoms with Gasteiger partial charge in [-0.2, -0.15) is 4.31 Å². The number of sulfonamides is 1. The Morgan fingerprint density at radius 1 is 0.912 bits per heavy atom.